The fraction of sp³-hybridized carbons (Fsp3) is 0.300. The van der Waals surface area contributed by atoms with Gasteiger partial charge in [-0.05, 0) is 29.8 Å². The first-order valence-electron chi connectivity index (χ1n) is 4.39. The van der Waals surface area contributed by atoms with Crippen molar-refractivity contribution < 1.29 is 27.4 Å². The molecular formula is C10H8ClF3O3. The normalized spacial score (nSPS) is 11.4. The van der Waals surface area contributed by atoms with E-state index in [1.807, 2.05) is 0 Å². The zero-order chi connectivity index (χ0) is 13.1. The van der Waals surface area contributed by atoms with Crippen LogP contribution in [0.4, 0.5) is 13.2 Å². The molecule has 0 aliphatic rings. The number of carbonyl (C=O) groups excluding carboxylic acids is 1. The Morgan fingerprint density at radius 3 is 2.53 bits per heavy atom. The highest BCUT2D eigenvalue weighted by Gasteiger charge is 2.31. The zero-order valence-electron chi connectivity index (χ0n) is 8.68. The van der Waals surface area contributed by atoms with E-state index in [0.717, 1.165) is 12.1 Å². The SMILES string of the molecule is COCOc1cc(C(F)(F)F)ccc1C(=O)Cl. The van der Waals surface area contributed by atoms with Gasteiger partial charge in [-0.2, -0.15) is 13.2 Å². The van der Waals surface area contributed by atoms with Gasteiger partial charge >= 0.3 is 6.18 Å². The summed E-state index contributed by atoms with van der Waals surface area (Å²) < 4.78 is 46.7. The Balaban J connectivity index is 3.14. The van der Waals surface area contributed by atoms with Gasteiger partial charge in [0.1, 0.15) is 5.75 Å². The average molecular weight is 269 g/mol. The monoisotopic (exact) mass is 268 g/mol. The van der Waals surface area contributed by atoms with Gasteiger partial charge in [-0.25, -0.2) is 0 Å². The molecule has 1 rings (SSSR count). The summed E-state index contributed by atoms with van der Waals surface area (Å²) in [7, 11) is 1.30. The minimum absolute atomic E-state index is 0.142. The van der Waals surface area contributed by atoms with Gasteiger partial charge < -0.3 is 9.47 Å². The lowest BCUT2D eigenvalue weighted by atomic mass is 10.1. The lowest BCUT2D eigenvalue weighted by Gasteiger charge is -2.12. The van der Waals surface area contributed by atoms with Gasteiger partial charge in [0.05, 0.1) is 11.1 Å². The molecule has 0 aromatic heterocycles. The lowest BCUT2D eigenvalue weighted by Crippen LogP contribution is -2.08. The standard InChI is InChI=1S/C10H8ClF3O3/c1-16-5-17-8-4-6(10(12,13)14)2-3-7(8)9(11)15/h2-4H,5H2,1H3. The van der Waals surface area contributed by atoms with Crippen molar-refractivity contribution in [2.24, 2.45) is 0 Å². The van der Waals surface area contributed by atoms with Crippen LogP contribution >= 0.6 is 11.6 Å². The van der Waals surface area contributed by atoms with Crippen LogP contribution in [0.3, 0.4) is 0 Å². The number of methoxy groups -OCH3 is 1. The molecule has 0 unspecified atom stereocenters. The number of rotatable bonds is 4. The van der Waals surface area contributed by atoms with Crippen molar-refractivity contribution in [2.75, 3.05) is 13.9 Å². The number of halogens is 4. The largest absolute Gasteiger partial charge is 0.467 e. The fourth-order valence-corrected chi connectivity index (χ4v) is 1.26. The molecule has 0 N–H and O–H groups in total. The van der Waals surface area contributed by atoms with Crippen molar-refractivity contribution in [3.63, 3.8) is 0 Å². The first-order chi connectivity index (χ1) is 7.86. The Kier molecular flexibility index (Phi) is 4.36. The lowest BCUT2D eigenvalue weighted by molar-refractivity contribution is -0.137. The molecular weight excluding hydrogens is 261 g/mol. The summed E-state index contributed by atoms with van der Waals surface area (Å²) in [4.78, 5) is 11.0. The summed E-state index contributed by atoms with van der Waals surface area (Å²) >= 11 is 5.21. The predicted molar refractivity (Wildman–Crippen MR) is 54.1 cm³/mol. The maximum atomic E-state index is 12.4. The third-order valence-electron chi connectivity index (χ3n) is 1.85. The summed E-state index contributed by atoms with van der Waals surface area (Å²) in [5.41, 5.74) is -1.07. The van der Waals surface area contributed by atoms with Crippen LogP contribution in [0.25, 0.3) is 0 Å². The highest BCUT2D eigenvalue weighted by Crippen LogP contribution is 2.33. The molecule has 0 saturated heterocycles. The molecule has 0 aliphatic carbocycles. The van der Waals surface area contributed by atoms with Crippen molar-refractivity contribution in [2.45, 2.75) is 6.18 Å². The third kappa shape index (κ3) is 3.61. The van der Waals surface area contributed by atoms with E-state index in [1.165, 1.54) is 7.11 Å². The molecule has 0 aliphatic heterocycles. The zero-order valence-corrected chi connectivity index (χ0v) is 9.43. The molecule has 0 heterocycles. The van der Waals surface area contributed by atoms with Gasteiger partial charge in [0, 0.05) is 7.11 Å². The summed E-state index contributed by atoms with van der Waals surface area (Å²) in [6.45, 7) is -0.279. The van der Waals surface area contributed by atoms with E-state index in [-0.39, 0.29) is 18.1 Å². The second-order valence-electron chi connectivity index (χ2n) is 3.03. The van der Waals surface area contributed by atoms with Crippen molar-refractivity contribution in [3.05, 3.63) is 29.3 Å². The van der Waals surface area contributed by atoms with Crippen LogP contribution in [0.15, 0.2) is 18.2 Å². The van der Waals surface area contributed by atoms with E-state index in [1.54, 1.807) is 0 Å². The van der Waals surface area contributed by atoms with Crippen LogP contribution in [0, 0.1) is 0 Å². The molecule has 17 heavy (non-hydrogen) atoms. The van der Waals surface area contributed by atoms with Gasteiger partial charge in [-0.15, -0.1) is 0 Å². The Hall–Kier alpha value is -1.27. The third-order valence-corrected chi connectivity index (χ3v) is 2.06. The van der Waals surface area contributed by atoms with Crippen molar-refractivity contribution in [1.82, 2.24) is 0 Å². The summed E-state index contributed by atoms with van der Waals surface area (Å²) in [6, 6.07) is 2.42. The van der Waals surface area contributed by atoms with Gasteiger partial charge in [0.2, 0.25) is 0 Å². The van der Waals surface area contributed by atoms with E-state index in [9.17, 15) is 18.0 Å². The maximum absolute atomic E-state index is 12.4. The number of carbonyl (C=O) groups is 1. The van der Waals surface area contributed by atoms with E-state index in [0.29, 0.717) is 6.07 Å². The van der Waals surface area contributed by atoms with Crippen LogP contribution in [0.1, 0.15) is 15.9 Å². The van der Waals surface area contributed by atoms with Crippen LogP contribution in [-0.2, 0) is 10.9 Å². The molecule has 1 aromatic carbocycles. The second kappa shape index (κ2) is 5.37. The van der Waals surface area contributed by atoms with Crippen molar-refractivity contribution >= 4 is 16.8 Å². The summed E-state index contributed by atoms with van der Waals surface area (Å²) in [6.07, 6.45) is -4.51. The Morgan fingerprint density at radius 2 is 2.06 bits per heavy atom. The van der Waals surface area contributed by atoms with Crippen molar-refractivity contribution in [3.8, 4) is 5.75 Å². The predicted octanol–water partition coefficient (Wildman–Crippen LogP) is 3.07. The minimum atomic E-state index is -4.51. The average Bonchev–Trinajstić information content (AvgIpc) is 2.24. The quantitative estimate of drug-likeness (QED) is 0.622. The molecule has 0 fully saturated rings. The summed E-state index contributed by atoms with van der Waals surface area (Å²) in [5.74, 6) is -0.262. The highest BCUT2D eigenvalue weighted by atomic mass is 35.5. The van der Waals surface area contributed by atoms with Gasteiger partial charge in [0.25, 0.3) is 5.24 Å². The number of ether oxygens (including phenoxy) is 2. The van der Waals surface area contributed by atoms with E-state index < -0.39 is 17.0 Å². The van der Waals surface area contributed by atoms with Crippen LogP contribution in [0.2, 0.25) is 0 Å². The number of hydrogen-bond donors (Lipinski definition) is 0. The Labute approximate surface area is 100 Å². The van der Waals surface area contributed by atoms with E-state index in [4.69, 9.17) is 16.3 Å². The second-order valence-corrected chi connectivity index (χ2v) is 3.38. The molecule has 3 nitrogen and oxygen atoms in total. The minimum Gasteiger partial charge on any atom is -0.467 e. The maximum Gasteiger partial charge on any atom is 0.416 e. The molecule has 0 spiro atoms. The molecule has 1 aromatic rings. The Morgan fingerprint density at radius 1 is 1.41 bits per heavy atom. The van der Waals surface area contributed by atoms with E-state index >= 15 is 0 Å². The van der Waals surface area contributed by atoms with Crippen LogP contribution in [0.5, 0.6) is 5.75 Å². The topological polar surface area (TPSA) is 35.5 Å². The summed E-state index contributed by atoms with van der Waals surface area (Å²) in [5, 5.41) is -0.898. The van der Waals surface area contributed by atoms with Crippen molar-refractivity contribution in [1.29, 1.82) is 0 Å². The smallest absolute Gasteiger partial charge is 0.416 e. The highest BCUT2D eigenvalue weighted by molar-refractivity contribution is 6.68. The molecule has 0 bridgehead atoms. The molecule has 0 radical (unpaired) electrons. The van der Waals surface area contributed by atoms with E-state index in [2.05, 4.69) is 4.74 Å². The number of alkyl halides is 3. The fourth-order valence-electron chi connectivity index (χ4n) is 1.10. The van der Waals surface area contributed by atoms with Gasteiger partial charge in [0.15, 0.2) is 6.79 Å². The molecule has 94 valence electrons. The van der Waals surface area contributed by atoms with Gasteiger partial charge in [-0.1, -0.05) is 0 Å². The molecule has 7 heteroatoms. The number of benzene rings is 1. The first-order valence-corrected chi connectivity index (χ1v) is 4.77. The molecule has 0 atom stereocenters. The van der Waals surface area contributed by atoms with Crippen LogP contribution in [-0.4, -0.2) is 19.1 Å². The molecule has 0 amide bonds. The number of hydrogen-bond acceptors (Lipinski definition) is 3. The van der Waals surface area contributed by atoms with Gasteiger partial charge in [-0.3, -0.25) is 4.79 Å². The van der Waals surface area contributed by atoms with Crippen LogP contribution < -0.4 is 4.74 Å². The first kappa shape index (κ1) is 13.8. The molecule has 0 saturated carbocycles. The Bertz CT molecular complexity index is 418.